The predicted octanol–water partition coefficient (Wildman–Crippen LogP) is 3.42. The molecule has 0 fully saturated rings. The van der Waals surface area contributed by atoms with Gasteiger partial charge in [0.15, 0.2) is 0 Å². The van der Waals surface area contributed by atoms with Crippen LogP contribution in [0.5, 0.6) is 0 Å². The number of nitrogens with zero attached hydrogens (tertiary/aromatic N) is 2. The second-order valence-corrected chi connectivity index (χ2v) is 26.0. The molecule has 0 aliphatic rings. The minimum Gasteiger partial charge on any atom is -0.379 e. The van der Waals surface area contributed by atoms with Crippen LogP contribution in [0.15, 0.2) is 42.5 Å². The van der Waals surface area contributed by atoms with Crippen LogP contribution in [0.25, 0.3) is 21.8 Å². The number of fused-ring (bicyclic) bond motifs is 2. The molecule has 33 heteroatoms. The lowest BCUT2D eigenvalue weighted by Crippen LogP contribution is -2.36. The van der Waals surface area contributed by atoms with Crippen molar-refractivity contribution in [3.63, 3.8) is 0 Å². The first-order valence-electron chi connectivity index (χ1n) is 41.1. The number of benzene rings is 2. The van der Waals surface area contributed by atoms with Gasteiger partial charge >= 0.3 is 0 Å². The third kappa shape index (κ3) is 63.2. The summed E-state index contributed by atoms with van der Waals surface area (Å²) in [5.41, 5.74) is 4.99. The van der Waals surface area contributed by atoms with Crippen molar-refractivity contribution < 1.29 is 128 Å². The van der Waals surface area contributed by atoms with E-state index >= 15 is 0 Å². The van der Waals surface area contributed by atoms with Gasteiger partial charge in [-0.05, 0) is 75.5 Å². The Bertz CT molecular complexity index is 2660. The van der Waals surface area contributed by atoms with E-state index in [4.69, 9.17) is 104 Å². The third-order valence-corrected chi connectivity index (χ3v) is 16.6. The van der Waals surface area contributed by atoms with Gasteiger partial charge in [0.05, 0.1) is 277 Å². The molecule has 0 atom stereocenters. The van der Waals surface area contributed by atoms with Gasteiger partial charge < -0.3 is 136 Å². The molecule has 658 valence electrons. The molecule has 33 nitrogen and oxygen atoms in total. The Morgan fingerprint density at radius 3 is 0.825 bits per heavy atom. The average molecular weight is 1630 g/mol. The SMILES string of the molecule is CNCc1ccc2cc3ccc(CNC)cc3[n+](CCCCCC(=O)NCCCOCCOCCOCCCNC(=O)CCCC(=O)NCCOCCOCCOCCOCCOCCOCCOCCOCCOCCOCCOCCOCCOCCOCCOCCOCCOCCOCCOCCN(C)C(C)=O)c2c1. The maximum Gasteiger partial charge on any atom is 0.220 e. The molecule has 0 saturated carbocycles. The van der Waals surface area contributed by atoms with Crippen LogP contribution in [-0.2, 0) is 143 Å². The molecule has 0 radical (unpaired) electrons. The maximum atomic E-state index is 12.6. The number of carbonyl (C=O) groups is 4. The molecule has 0 aliphatic carbocycles. The standard InChI is InChI=1S/C81H143N7O26/c1-72(89)87(4)22-26-96-30-34-99-36-38-101-40-42-103-44-46-105-48-50-107-52-54-109-56-58-111-60-62-113-64-66-114-65-63-112-61-59-110-57-55-108-53-51-106-49-47-104-45-43-102-41-39-100-37-35-98-33-29-95-25-20-86-81(92)13-8-12-80(91)85-19-10-24-94-28-32-97-31-27-93-23-9-18-84-79(90)11-6-5-7-21-88-77-67-73(70-82-2)14-16-75(77)69-76-17-15-74(71-83-3)68-78(76)88/h14-17,67-69,82-83H,5-13,18-66,70-71H2,1-4H3,(H2-,84,85,86,90,91,92)/p+1. The van der Waals surface area contributed by atoms with Gasteiger partial charge in [0.25, 0.3) is 0 Å². The van der Waals surface area contributed by atoms with Gasteiger partial charge in [-0.1, -0.05) is 12.1 Å². The number of hydrogen-bond acceptors (Lipinski definition) is 28. The number of aryl methyl sites for hydroxylation is 1. The van der Waals surface area contributed by atoms with Gasteiger partial charge in [-0.2, -0.15) is 4.57 Å². The van der Waals surface area contributed by atoms with E-state index in [1.165, 1.54) is 39.9 Å². The lowest BCUT2D eigenvalue weighted by molar-refractivity contribution is -0.645. The van der Waals surface area contributed by atoms with Gasteiger partial charge in [0, 0.05) is 115 Å². The number of unbranched alkanes of at least 4 members (excludes halogenated alkanes) is 2. The van der Waals surface area contributed by atoms with Crippen molar-refractivity contribution in [2.45, 2.75) is 84.3 Å². The van der Waals surface area contributed by atoms with Crippen molar-refractivity contribution in [2.75, 3.05) is 338 Å². The van der Waals surface area contributed by atoms with Crippen molar-refractivity contribution >= 4 is 45.4 Å². The number of ether oxygens (including phenoxy) is 22. The van der Waals surface area contributed by atoms with Crippen LogP contribution >= 0.6 is 0 Å². The Hall–Kier alpha value is -4.97. The monoisotopic (exact) mass is 1630 g/mol. The minimum atomic E-state index is -0.123. The van der Waals surface area contributed by atoms with E-state index in [-0.39, 0.29) is 36.5 Å². The van der Waals surface area contributed by atoms with Crippen LogP contribution < -0.4 is 31.2 Å². The van der Waals surface area contributed by atoms with E-state index in [0.29, 0.717) is 336 Å². The average Bonchev–Trinajstić information content (AvgIpc) is 0.768. The summed E-state index contributed by atoms with van der Waals surface area (Å²) in [7, 11) is 5.69. The van der Waals surface area contributed by atoms with Gasteiger partial charge in [0.1, 0.15) is 6.54 Å². The molecule has 0 bridgehead atoms. The first kappa shape index (κ1) is 103. The summed E-state index contributed by atoms with van der Waals surface area (Å²) >= 11 is 0. The molecule has 1 aromatic heterocycles. The number of nitrogens with one attached hydrogen (secondary N) is 5. The summed E-state index contributed by atoms with van der Waals surface area (Å²) in [6.45, 7) is 26.6. The smallest absolute Gasteiger partial charge is 0.220 e. The molecule has 2 aromatic carbocycles. The normalized spacial score (nSPS) is 11.6. The highest BCUT2D eigenvalue weighted by Crippen LogP contribution is 2.22. The lowest BCUT2D eigenvalue weighted by atomic mass is 10.0. The Kier molecular flexibility index (Phi) is 71.7. The molecular weight excluding hydrogens is 1490 g/mol. The van der Waals surface area contributed by atoms with E-state index < -0.39 is 0 Å². The number of pyridine rings is 1. The fraction of sp³-hybridized carbons (Fsp3) is 0.790. The molecule has 0 spiro atoms. The van der Waals surface area contributed by atoms with Crippen molar-refractivity contribution in [1.29, 1.82) is 0 Å². The summed E-state index contributed by atoms with van der Waals surface area (Å²) in [4.78, 5) is 49.7. The second-order valence-electron chi connectivity index (χ2n) is 26.0. The number of aromatic nitrogens is 1. The number of likely N-dealkylation sites (N-methyl/N-ethyl adjacent to an activating group) is 1. The summed E-state index contributed by atoms with van der Waals surface area (Å²) < 4.78 is 124. The Morgan fingerprint density at radius 1 is 0.289 bits per heavy atom. The second kappa shape index (κ2) is 79.2. The van der Waals surface area contributed by atoms with Crippen LogP contribution in [0.3, 0.4) is 0 Å². The van der Waals surface area contributed by atoms with Gasteiger partial charge in [-0.3, -0.25) is 19.2 Å². The molecule has 3 rings (SSSR count). The van der Waals surface area contributed by atoms with Crippen molar-refractivity contribution in [3.8, 4) is 0 Å². The quantitative estimate of drug-likeness (QED) is 0.0307. The van der Waals surface area contributed by atoms with Crippen LogP contribution in [0.2, 0.25) is 0 Å². The zero-order valence-corrected chi connectivity index (χ0v) is 69.5. The first-order chi connectivity index (χ1) is 56.2. The number of rotatable bonds is 88. The maximum absolute atomic E-state index is 12.6. The topological polar surface area (TPSA) is 339 Å². The molecular formula is C81H144N7O26+. The number of carbonyl (C=O) groups excluding carboxylic acids is 4. The Balaban J connectivity index is 0.891. The first-order valence-corrected chi connectivity index (χ1v) is 41.1. The summed E-state index contributed by atoms with van der Waals surface area (Å²) in [5.74, 6) is -0.122. The van der Waals surface area contributed by atoms with Crippen molar-refractivity contribution in [1.82, 2.24) is 31.5 Å². The number of amides is 4. The van der Waals surface area contributed by atoms with Crippen molar-refractivity contribution in [3.05, 3.63) is 53.6 Å². The molecule has 1 heterocycles. The number of hydrogen-bond donors (Lipinski definition) is 5. The molecule has 4 amide bonds. The Morgan fingerprint density at radius 2 is 0.544 bits per heavy atom. The lowest BCUT2D eigenvalue weighted by Gasteiger charge is -2.14. The van der Waals surface area contributed by atoms with Crippen LogP contribution in [0.4, 0.5) is 0 Å². The van der Waals surface area contributed by atoms with Crippen molar-refractivity contribution in [2.24, 2.45) is 0 Å². The summed E-state index contributed by atoms with van der Waals surface area (Å²) in [6, 6.07) is 15.7. The zero-order chi connectivity index (χ0) is 81.4. The third-order valence-electron chi connectivity index (χ3n) is 16.6. The Labute approximate surface area is 678 Å². The van der Waals surface area contributed by atoms with Gasteiger partial charge in [-0.15, -0.1) is 0 Å². The van der Waals surface area contributed by atoms with Crippen LogP contribution in [0, 0.1) is 0 Å². The van der Waals surface area contributed by atoms with E-state index in [2.05, 4.69) is 73.6 Å². The predicted molar refractivity (Wildman–Crippen MR) is 429 cm³/mol. The molecule has 114 heavy (non-hydrogen) atoms. The van der Waals surface area contributed by atoms with E-state index in [0.717, 1.165) is 45.3 Å². The van der Waals surface area contributed by atoms with E-state index in [1.54, 1.807) is 11.9 Å². The largest absolute Gasteiger partial charge is 0.379 e. The van der Waals surface area contributed by atoms with Crippen LogP contribution in [0.1, 0.15) is 75.8 Å². The van der Waals surface area contributed by atoms with Gasteiger partial charge in [0.2, 0.25) is 34.7 Å². The molecule has 0 saturated heterocycles. The minimum absolute atomic E-state index is 0.0182. The zero-order valence-electron chi connectivity index (χ0n) is 69.5. The highest BCUT2D eigenvalue weighted by molar-refractivity contribution is 5.89. The molecule has 5 N–H and O–H groups in total. The van der Waals surface area contributed by atoms with Gasteiger partial charge in [-0.25, -0.2) is 0 Å². The summed E-state index contributed by atoms with van der Waals surface area (Å²) in [6.07, 6.45) is 5.71. The summed E-state index contributed by atoms with van der Waals surface area (Å²) in [5, 5.41) is 17.7. The van der Waals surface area contributed by atoms with E-state index in [9.17, 15) is 19.2 Å². The van der Waals surface area contributed by atoms with E-state index in [1.807, 2.05) is 14.1 Å². The fourth-order valence-corrected chi connectivity index (χ4v) is 10.5. The highest BCUT2D eigenvalue weighted by Gasteiger charge is 2.18. The fourth-order valence-electron chi connectivity index (χ4n) is 10.5. The molecule has 0 aliphatic heterocycles. The molecule has 0 unspecified atom stereocenters. The van der Waals surface area contributed by atoms with Crippen LogP contribution in [-0.4, -0.2) is 367 Å². The molecule has 3 aromatic rings. The highest BCUT2D eigenvalue weighted by atomic mass is 16.6.